The Kier molecular flexibility index (Phi) is 4.13. The molecule has 21 heavy (non-hydrogen) atoms. The van der Waals surface area contributed by atoms with Gasteiger partial charge in [0.15, 0.2) is 0 Å². The number of aromatic nitrogens is 1. The average molecular weight is 287 g/mol. The van der Waals surface area contributed by atoms with Crippen molar-refractivity contribution < 1.29 is 14.3 Å². The number of carbonyl (C=O) groups excluding carboxylic acids is 1. The van der Waals surface area contributed by atoms with Crippen molar-refractivity contribution >= 4 is 11.6 Å². The Labute approximate surface area is 120 Å². The summed E-state index contributed by atoms with van der Waals surface area (Å²) in [5, 5.41) is 13.6. The van der Waals surface area contributed by atoms with E-state index in [9.17, 15) is 14.7 Å². The molecule has 0 atom stereocenters. The van der Waals surface area contributed by atoms with Crippen LogP contribution in [-0.4, -0.2) is 21.7 Å². The number of hydrazone groups is 1. The third-order valence-electron chi connectivity index (χ3n) is 2.68. The van der Waals surface area contributed by atoms with Crippen molar-refractivity contribution in [3.63, 3.8) is 0 Å². The molecule has 0 aromatic carbocycles. The van der Waals surface area contributed by atoms with Crippen molar-refractivity contribution in [1.82, 2.24) is 10.4 Å². The van der Waals surface area contributed by atoms with Crippen molar-refractivity contribution in [2.45, 2.75) is 13.8 Å². The second kappa shape index (κ2) is 6.00. The van der Waals surface area contributed by atoms with E-state index >= 15 is 0 Å². The van der Waals surface area contributed by atoms with Gasteiger partial charge < -0.3 is 9.52 Å². The quantitative estimate of drug-likeness (QED) is 0.652. The fourth-order valence-corrected chi connectivity index (χ4v) is 1.69. The van der Waals surface area contributed by atoms with Gasteiger partial charge in [-0.2, -0.15) is 5.10 Å². The van der Waals surface area contributed by atoms with Gasteiger partial charge in [0.1, 0.15) is 17.1 Å². The molecule has 7 heteroatoms. The van der Waals surface area contributed by atoms with Crippen LogP contribution in [0.3, 0.4) is 0 Å². The average Bonchev–Trinajstić information content (AvgIpc) is 2.44. The van der Waals surface area contributed by atoms with Gasteiger partial charge in [0.05, 0.1) is 5.71 Å². The highest BCUT2D eigenvalue weighted by Gasteiger charge is 2.13. The van der Waals surface area contributed by atoms with Crippen LogP contribution in [0.15, 0.2) is 44.9 Å². The Morgan fingerprint density at radius 3 is 2.67 bits per heavy atom. The molecule has 108 valence electrons. The maximum absolute atomic E-state index is 11.8. The van der Waals surface area contributed by atoms with Gasteiger partial charge in [-0.15, -0.1) is 0 Å². The van der Waals surface area contributed by atoms with Gasteiger partial charge in [-0.05, 0) is 26.0 Å². The van der Waals surface area contributed by atoms with Crippen molar-refractivity contribution in [2.24, 2.45) is 5.10 Å². The van der Waals surface area contributed by atoms with Crippen LogP contribution in [-0.2, 0) is 0 Å². The summed E-state index contributed by atoms with van der Waals surface area (Å²) >= 11 is 0. The minimum Gasteiger partial charge on any atom is -0.507 e. The standard InChI is InChI=1S/C14H13N3O4/c1-8-7-11(18)12(14(20)21-8)9(2)16-17-13(19)10-3-5-15-6-4-10/h3-7,18H,1-2H3,(H,17,19). The summed E-state index contributed by atoms with van der Waals surface area (Å²) in [4.78, 5) is 27.3. The van der Waals surface area contributed by atoms with E-state index in [0.717, 1.165) is 0 Å². The molecule has 0 saturated heterocycles. The molecule has 2 rings (SSSR count). The zero-order valence-electron chi connectivity index (χ0n) is 11.5. The molecule has 2 aromatic rings. The van der Waals surface area contributed by atoms with E-state index < -0.39 is 11.5 Å². The molecule has 0 bridgehead atoms. The number of nitrogens with one attached hydrogen (secondary N) is 1. The molecule has 0 aliphatic carbocycles. The molecule has 0 unspecified atom stereocenters. The van der Waals surface area contributed by atoms with Gasteiger partial charge in [0.2, 0.25) is 0 Å². The van der Waals surface area contributed by atoms with Gasteiger partial charge in [-0.1, -0.05) is 0 Å². The Morgan fingerprint density at radius 2 is 2.05 bits per heavy atom. The smallest absolute Gasteiger partial charge is 0.348 e. The van der Waals surface area contributed by atoms with E-state index in [1.165, 1.54) is 37.5 Å². The molecule has 2 heterocycles. The van der Waals surface area contributed by atoms with Gasteiger partial charge in [0, 0.05) is 24.0 Å². The summed E-state index contributed by atoms with van der Waals surface area (Å²) in [6.45, 7) is 3.02. The lowest BCUT2D eigenvalue weighted by Gasteiger charge is -2.04. The van der Waals surface area contributed by atoms with E-state index in [-0.39, 0.29) is 22.8 Å². The van der Waals surface area contributed by atoms with Crippen LogP contribution < -0.4 is 11.1 Å². The summed E-state index contributed by atoms with van der Waals surface area (Å²) < 4.78 is 4.88. The highest BCUT2D eigenvalue weighted by molar-refractivity contribution is 6.02. The second-order valence-electron chi connectivity index (χ2n) is 4.28. The maximum atomic E-state index is 11.8. The number of carbonyl (C=O) groups is 1. The first-order chi connectivity index (χ1) is 9.99. The zero-order chi connectivity index (χ0) is 15.4. The number of hydrogen-bond acceptors (Lipinski definition) is 6. The van der Waals surface area contributed by atoms with Crippen LogP contribution in [0.2, 0.25) is 0 Å². The summed E-state index contributed by atoms with van der Waals surface area (Å²) in [6, 6.07) is 4.36. The van der Waals surface area contributed by atoms with Crippen molar-refractivity contribution in [3.05, 3.63) is 57.9 Å². The fraction of sp³-hybridized carbons (Fsp3) is 0.143. The molecule has 2 aromatic heterocycles. The summed E-state index contributed by atoms with van der Waals surface area (Å²) in [6.07, 6.45) is 2.96. The molecule has 7 nitrogen and oxygen atoms in total. The summed E-state index contributed by atoms with van der Waals surface area (Å²) in [7, 11) is 0. The topological polar surface area (TPSA) is 105 Å². The molecule has 2 N–H and O–H groups in total. The highest BCUT2D eigenvalue weighted by atomic mass is 16.4. The number of nitrogens with zero attached hydrogens (tertiary/aromatic N) is 2. The largest absolute Gasteiger partial charge is 0.507 e. The van der Waals surface area contributed by atoms with Crippen LogP contribution in [0.1, 0.15) is 28.6 Å². The Bertz CT molecular complexity index is 751. The molecule has 0 spiro atoms. The van der Waals surface area contributed by atoms with Gasteiger partial charge in [-0.25, -0.2) is 10.2 Å². The van der Waals surface area contributed by atoms with Crippen LogP contribution in [0.25, 0.3) is 0 Å². The van der Waals surface area contributed by atoms with Crippen molar-refractivity contribution in [1.29, 1.82) is 0 Å². The highest BCUT2D eigenvalue weighted by Crippen LogP contribution is 2.15. The monoisotopic (exact) mass is 287 g/mol. The van der Waals surface area contributed by atoms with E-state index in [1.54, 1.807) is 6.92 Å². The number of rotatable bonds is 3. The van der Waals surface area contributed by atoms with Crippen molar-refractivity contribution in [2.75, 3.05) is 0 Å². The summed E-state index contributed by atoms with van der Waals surface area (Å²) in [5.74, 6) is -0.411. The predicted octanol–water partition coefficient (Wildman–Crippen LogP) is 1.20. The van der Waals surface area contributed by atoms with E-state index in [0.29, 0.717) is 5.56 Å². The Hall–Kier alpha value is -2.96. The molecule has 0 saturated carbocycles. The first kappa shape index (κ1) is 14.4. The van der Waals surface area contributed by atoms with Crippen LogP contribution in [0.4, 0.5) is 0 Å². The van der Waals surface area contributed by atoms with E-state index in [1.807, 2.05) is 0 Å². The third-order valence-corrected chi connectivity index (χ3v) is 2.68. The first-order valence-electron chi connectivity index (χ1n) is 6.08. The minimum atomic E-state index is -0.716. The number of pyridine rings is 1. The van der Waals surface area contributed by atoms with Crippen LogP contribution >= 0.6 is 0 Å². The maximum Gasteiger partial charge on any atom is 0.348 e. The lowest BCUT2D eigenvalue weighted by atomic mass is 10.2. The first-order valence-corrected chi connectivity index (χ1v) is 6.08. The second-order valence-corrected chi connectivity index (χ2v) is 4.28. The third kappa shape index (κ3) is 3.33. The van der Waals surface area contributed by atoms with Gasteiger partial charge in [-0.3, -0.25) is 9.78 Å². The summed E-state index contributed by atoms with van der Waals surface area (Å²) in [5.41, 5.74) is 2.01. The molecular formula is C14H13N3O4. The van der Waals surface area contributed by atoms with Crippen LogP contribution in [0, 0.1) is 6.92 Å². The molecule has 0 radical (unpaired) electrons. The van der Waals surface area contributed by atoms with Gasteiger partial charge >= 0.3 is 5.63 Å². The minimum absolute atomic E-state index is 0.0874. The lowest BCUT2D eigenvalue weighted by Crippen LogP contribution is -2.21. The number of amides is 1. The molecule has 0 fully saturated rings. The molecule has 0 aliphatic heterocycles. The van der Waals surface area contributed by atoms with Gasteiger partial charge in [0.25, 0.3) is 5.91 Å². The van der Waals surface area contributed by atoms with Crippen LogP contribution in [0.5, 0.6) is 5.75 Å². The Morgan fingerprint density at radius 1 is 1.38 bits per heavy atom. The zero-order valence-corrected chi connectivity index (χ0v) is 11.5. The van der Waals surface area contributed by atoms with E-state index in [4.69, 9.17) is 4.42 Å². The molecular weight excluding hydrogens is 274 g/mol. The van der Waals surface area contributed by atoms with E-state index in [2.05, 4.69) is 15.5 Å². The number of aromatic hydroxyl groups is 1. The fourth-order valence-electron chi connectivity index (χ4n) is 1.69. The number of aryl methyl sites for hydroxylation is 1. The number of hydrogen-bond donors (Lipinski definition) is 2. The predicted molar refractivity (Wildman–Crippen MR) is 75.3 cm³/mol. The molecule has 0 aliphatic rings. The van der Waals surface area contributed by atoms with Crippen molar-refractivity contribution in [3.8, 4) is 5.75 Å². The lowest BCUT2D eigenvalue weighted by molar-refractivity contribution is 0.0954. The Balaban J connectivity index is 2.23. The SMILES string of the molecule is CC(=NNC(=O)c1ccncc1)c1c(O)cc(C)oc1=O. The molecule has 1 amide bonds. The normalized spacial score (nSPS) is 11.2.